The van der Waals surface area contributed by atoms with Crippen molar-refractivity contribution in [3.05, 3.63) is 125 Å². The van der Waals surface area contributed by atoms with E-state index in [-0.39, 0.29) is 49.8 Å². The molecule has 12 nitrogen and oxygen atoms in total. The van der Waals surface area contributed by atoms with E-state index in [1.54, 1.807) is 30.3 Å². The van der Waals surface area contributed by atoms with E-state index < -0.39 is 41.8 Å². The van der Waals surface area contributed by atoms with Gasteiger partial charge in [0.15, 0.2) is 11.5 Å². The summed E-state index contributed by atoms with van der Waals surface area (Å²) in [6, 6.07) is 25.3. The fraction of sp³-hybridized carbons (Fsp3) is 0.257. The number of carbonyl (C=O) groups excluding carboxylic acids is 5. The molecule has 2 bridgehead atoms. The first kappa shape index (κ1) is 32.6. The Hall–Kier alpha value is -5.78. The van der Waals surface area contributed by atoms with Crippen molar-refractivity contribution >= 4 is 29.5 Å². The fourth-order valence-corrected chi connectivity index (χ4v) is 5.16. The molecule has 0 saturated carbocycles. The van der Waals surface area contributed by atoms with Gasteiger partial charge in [0.05, 0.1) is 6.54 Å². The molecule has 1 aliphatic heterocycles. The van der Waals surface area contributed by atoms with Crippen LogP contribution < -0.4 is 21.3 Å². The summed E-state index contributed by atoms with van der Waals surface area (Å²) >= 11 is 0. The molecule has 3 atom stereocenters. The number of benzene rings is 3. The van der Waals surface area contributed by atoms with Gasteiger partial charge in [-0.15, -0.1) is 0 Å². The molecule has 242 valence electrons. The maximum Gasteiger partial charge on any atom is 0.274 e. The molecule has 1 aliphatic rings. The maximum absolute atomic E-state index is 13.8. The first-order chi connectivity index (χ1) is 22.8. The quantitative estimate of drug-likeness (QED) is 0.261. The third-order valence-corrected chi connectivity index (χ3v) is 7.70. The lowest BCUT2D eigenvalue weighted by Gasteiger charge is -2.26. The second-order valence-electron chi connectivity index (χ2n) is 11.3. The van der Waals surface area contributed by atoms with E-state index in [1.807, 2.05) is 60.7 Å². The van der Waals surface area contributed by atoms with Crippen LogP contribution in [0, 0.1) is 0 Å². The summed E-state index contributed by atoms with van der Waals surface area (Å²) in [6.45, 7) is 1.60. The lowest BCUT2D eigenvalue weighted by atomic mass is 10.0. The Morgan fingerprint density at radius 3 is 1.94 bits per heavy atom. The summed E-state index contributed by atoms with van der Waals surface area (Å²) in [5.41, 5.74) is 1.95. The minimum Gasteiger partial charge on any atom is -0.359 e. The Bertz CT molecular complexity index is 1700. The highest BCUT2D eigenvalue weighted by molar-refractivity contribution is 5.98. The predicted octanol–water partition coefficient (Wildman–Crippen LogP) is 2.02. The van der Waals surface area contributed by atoms with Crippen molar-refractivity contribution in [2.75, 3.05) is 13.1 Å². The lowest BCUT2D eigenvalue weighted by Crippen LogP contribution is -2.57. The van der Waals surface area contributed by atoms with Gasteiger partial charge < -0.3 is 30.7 Å². The van der Waals surface area contributed by atoms with E-state index in [0.717, 1.165) is 11.1 Å². The molecular weight excluding hydrogens is 600 g/mol. The average molecular weight is 637 g/mol. The number of hydrogen-bond acceptors (Lipinski definition) is 7. The Kier molecular flexibility index (Phi) is 10.7. The van der Waals surface area contributed by atoms with E-state index >= 15 is 0 Å². The average Bonchev–Trinajstić information content (AvgIpc) is 3.56. The molecule has 3 aromatic carbocycles. The van der Waals surface area contributed by atoms with Crippen molar-refractivity contribution in [1.82, 2.24) is 31.3 Å². The Morgan fingerprint density at radius 1 is 0.766 bits per heavy atom. The van der Waals surface area contributed by atoms with E-state index in [4.69, 9.17) is 4.52 Å². The smallest absolute Gasteiger partial charge is 0.274 e. The first-order valence-corrected chi connectivity index (χ1v) is 15.3. The number of nitrogens with zero attached hydrogens (tertiary/aromatic N) is 2. The predicted molar refractivity (Wildman–Crippen MR) is 172 cm³/mol. The Labute approximate surface area is 271 Å². The lowest BCUT2D eigenvalue weighted by molar-refractivity contribution is -0.132. The number of fused-ring (bicyclic) bond motifs is 2. The molecule has 0 fully saturated rings. The highest BCUT2D eigenvalue weighted by Crippen LogP contribution is 2.13. The number of aromatic nitrogens is 1. The van der Waals surface area contributed by atoms with Crippen LogP contribution in [0.25, 0.3) is 0 Å². The van der Waals surface area contributed by atoms with Crippen molar-refractivity contribution in [1.29, 1.82) is 0 Å². The molecule has 0 aliphatic carbocycles. The van der Waals surface area contributed by atoms with Crippen molar-refractivity contribution in [3.8, 4) is 0 Å². The molecule has 5 amide bonds. The summed E-state index contributed by atoms with van der Waals surface area (Å²) in [5, 5.41) is 14.9. The molecule has 1 aromatic heterocycles. The molecule has 0 spiro atoms. The van der Waals surface area contributed by atoms with Gasteiger partial charge >= 0.3 is 0 Å². The van der Waals surface area contributed by atoms with Crippen LogP contribution in [0.3, 0.4) is 0 Å². The van der Waals surface area contributed by atoms with Crippen LogP contribution in [0.5, 0.6) is 0 Å². The summed E-state index contributed by atoms with van der Waals surface area (Å²) in [4.78, 5) is 68.6. The summed E-state index contributed by atoms with van der Waals surface area (Å²) in [5.74, 6) is -2.38. The molecular formula is C35H36N6O6. The molecule has 0 saturated heterocycles. The zero-order valence-corrected chi connectivity index (χ0v) is 25.8. The van der Waals surface area contributed by atoms with Gasteiger partial charge in [-0.25, -0.2) is 0 Å². The van der Waals surface area contributed by atoms with Gasteiger partial charge in [0.25, 0.3) is 11.8 Å². The van der Waals surface area contributed by atoms with Crippen LogP contribution in [0.15, 0.2) is 102 Å². The number of amides is 5. The van der Waals surface area contributed by atoms with Gasteiger partial charge in [0.2, 0.25) is 17.7 Å². The third-order valence-electron chi connectivity index (χ3n) is 7.70. The van der Waals surface area contributed by atoms with Crippen molar-refractivity contribution in [3.63, 3.8) is 0 Å². The van der Waals surface area contributed by atoms with Crippen molar-refractivity contribution in [2.45, 2.75) is 44.4 Å². The maximum atomic E-state index is 13.8. The molecule has 0 radical (unpaired) electrons. The zero-order valence-electron chi connectivity index (χ0n) is 25.8. The van der Waals surface area contributed by atoms with Crippen LogP contribution in [0.2, 0.25) is 0 Å². The molecule has 47 heavy (non-hydrogen) atoms. The fourth-order valence-electron chi connectivity index (χ4n) is 5.16. The summed E-state index contributed by atoms with van der Waals surface area (Å²) < 4.78 is 5.38. The SMILES string of the molecule is C[C@@H]1NC(=O)c2cc(on2)CN(C(=O)c2ccccc2)CCNC(=O)[C@@H](Cc2ccccc2)NC(=O)[C@H](Cc2ccccc2)NC1=O. The highest BCUT2D eigenvalue weighted by atomic mass is 16.5. The molecule has 12 heteroatoms. The van der Waals surface area contributed by atoms with Crippen LogP contribution in [-0.4, -0.2) is 70.8 Å². The largest absolute Gasteiger partial charge is 0.359 e. The normalized spacial score (nSPS) is 19.8. The highest BCUT2D eigenvalue weighted by Gasteiger charge is 2.30. The second kappa shape index (κ2) is 15.5. The van der Waals surface area contributed by atoms with Crippen LogP contribution in [0.1, 0.15) is 44.7 Å². The zero-order chi connectivity index (χ0) is 33.2. The van der Waals surface area contributed by atoms with E-state index in [0.29, 0.717) is 5.56 Å². The first-order valence-electron chi connectivity index (χ1n) is 15.3. The summed E-state index contributed by atoms with van der Waals surface area (Å²) in [6.07, 6.45) is 0.326. The van der Waals surface area contributed by atoms with Crippen molar-refractivity contribution < 1.29 is 28.5 Å². The van der Waals surface area contributed by atoms with Crippen LogP contribution in [0.4, 0.5) is 0 Å². The monoisotopic (exact) mass is 636 g/mol. The van der Waals surface area contributed by atoms with Gasteiger partial charge in [-0.2, -0.15) is 0 Å². The molecule has 4 aromatic rings. The third kappa shape index (κ3) is 8.91. The van der Waals surface area contributed by atoms with Gasteiger partial charge in [-0.3, -0.25) is 24.0 Å². The van der Waals surface area contributed by atoms with Crippen LogP contribution in [-0.2, 0) is 33.8 Å². The summed E-state index contributed by atoms with van der Waals surface area (Å²) in [7, 11) is 0. The number of carbonyl (C=O) groups is 5. The Morgan fingerprint density at radius 2 is 1.32 bits per heavy atom. The molecule has 2 heterocycles. The second-order valence-corrected chi connectivity index (χ2v) is 11.3. The van der Waals surface area contributed by atoms with Gasteiger partial charge in [0.1, 0.15) is 18.1 Å². The van der Waals surface area contributed by atoms with Crippen molar-refractivity contribution in [2.24, 2.45) is 0 Å². The van der Waals surface area contributed by atoms with E-state index in [9.17, 15) is 24.0 Å². The number of nitrogens with one attached hydrogen (secondary N) is 4. The van der Waals surface area contributed by atoms with E-state index in [2.05, 4.69) is 26.4 Å². The number of hydrogen-bond donors (Lipinski definition) is 4. The van der Waals surface area contributed by atoms with Gasteiger partial charge in [-0.1, -0.05) is 84.0 Å². The molecule has 0 unspecified atom stereocenters. The Balaban J connectivity index is 1.45. The minimum absolute atomic E-state index is 0.0364. The van der Waals surface area contributed by atoms with Gasteiger partial charge in [-0.05, 0) is 30.2 Å². The standard InChI is InChI=1S/C35H36N6O6/c1-23-31(42)38-29(20-25-13-7-3-8-14-25)33(44)39-28(19-24-11-5-2-6-12-24)32(43)36-17-18-41(35(46)26-15-9-4-10-16-26)22-27-21-30(40-47-27)34(45)37-23/h2-16,21,23,28-29H,17-20,22H2,1H3,(H,36,43)(H,37,45)(H,38,42)(H,39,44)/t23-,28+,29-/m0/s1. The molecule has 5 rings (SSSR count). The molecule has 4 N–H and O–H groups in total. The topological polar surface area (TPSA) is 163 Å². The van der Waals surface area contributed by atoms with Crippen LogP contribution >= 0.6 is 0 Å². The van der Waals surface area contributed by atoms with E-state index in [1.165, 1.54) is 17.9 Å². The minimum atomic E-state index is -1.06. The van der Waals surface area contributed by atoms with Gasteiger partial charge in [0, 0.05) is 37.6 Å². The number of rotatable bonds is 5.